The summed E-state index contributed by atoms with van der Waals surface area (Å²) in [4.78, 5) is 4.00. The van der Waals surface area contributed by atoms with Crippen LogP contribution in [0.3, 0.4) is 0 Å². The van der Waals surface area contributed by atoms with Crippen molar-refractivity contribution in [2.24, 2.45) is 5.73 Å². The topological polar surface area (TPSA) is 59.1 Å². The van der Waals surface area contributed by atoms with Crippen LogP contribution in [-0.2, 0) is 0 Å². The van der Waals surface area contributed by atoms with E-state index < -0.39 is 0 Å². The highest BCUT2D eigenvalue weighted by atomic mass is 16.3. The maximum Gasteiger partial charge on any atom is 0.134 e. The highest BCUT2D eigenvalue weighted by molar-refractivity contribution is 5.60. The van der Waals surface area contributed by atoms with Gasteiger partial charge in [0.1, 0.15) is 11.5 Å². The number of aliphatic hydroxyl groups excluding tert-OH is 1. The molecule has 0 saturated heterocycles. The van der Waals surface area contributed by atoms with Crippen molar-refractivity contribution in [3.05, 3.63) is 42.7 Å². The maximum atomic E-state index is 9.00. The quantitative estimate of drug-likeness (QED) is 0.648. The van der Waals surface area contributed by atoms with Gasteiger partial charge in [-0.25, -0.2) is 4.98 Å². The van der Waals surface area contributed by atoms with Crippen LogP contribution in [0.4, 0.5) is 0 Å². The molecule has 0 aromatic carbocycles. The Morgan fingerprint density at radius 2 is 1.92 bits per heavy atom. The molecule has 3 heteroatoms. The number of aliphatic hydroxyl groups is 1. The standard InChI is InChI=1S/C9H10N2O/c1-6(10)8-4-3-5-9(11-8)7(2)12/h3-5,12H,1-2,10H2. The molecule has 0 aliphatic rings. The van der Waals surface area contributed by atoms with E-state index in [1.54, 1.807) is 18.2 Å². The summed E-state index contributed by atoms with van der Waals surface area (Å²) in [6, 6.07) is 5.10. The zero-order valence-electron chi connectivity index (χ0n) is 6.62. The summed E-state index contributed by atoms with van der Waals surface area (Å²) >= 11 is 0. The molecule has 0 radical (unpaired) electrons. The maximum absolute atomic E-state index is 9.00. The number of aromatic nitrogens is 1. The van der Waals surface area contributed by atoms with E-state index in [2.05, 4.69) is 18.1 Å². The van der Waals surface area contributed by atoms with Crippen molar-refractivity contribution in [2.45, 2.75) is 0 Å². The van der Waals surface area contributed by atoms with Crippen molar-refractivity contribution in [2.75, 3.05) is 0 Å². The molecule has 1 rings (SSSR count). The third-order valence-corrected chi connectivity index (χ3v) is 1.37. The monoisotopic (exact) mass is 162 g/mol. The molecule has 0 fully saturated rings. The van der Waals surface area contributed by atoms with E-state index >= 15 is 0 Å². The van der Waals surface area contributed by atoms with Gasteiger partial charge in [-0.15, -0.1) is 0 Å². The van der Waals surface area contributed by atoms with Gasteiger partial charge >= 0.3 is 0 Å². The number of hydrogen-bond acceptors (Lipinski definition) is 3. The molecule has 0 bridgehead atoms. The summed E-state index contributed by atoms with van der Waals surface area (Å²) < 4.78 is 0. The Bertz CT molecular complexity index is 302. The predicted molar refractivity (Wildman–Crippen MR) is 49.1 cm³/mol. The van der Waals surface area contributed by atoms with E-state index in [0.29, 0.717) is 17.1 Å². The van der Waals surface area contributed by atoms with Gasteiger partial charge < -0.3 is 10.8 Å². The van der Waals surface area contributed by atoms with E-state index in [-0.39, 0.29) is 5.76 Å². The van der Waals surface area contributed by atoms with Crippen LogP contribution in [0, 0.1) is 0 Å². The minimum atomic E-state index is -0.0712. The van der Waals surface area contributed by atoms with Gasteiger partial charge in [-0.3, -0.25) is 0 Å². The lowest BCUT2D eigenvalue weighted by atomic mass is 10.2. The summed E-state index contributed by atoms with van der Waals surface area (Å²) in [6.45, 7) is 6.88. The molecule has 1 heterocycles. The van der Waals surface area contributed by atoms with Gasteiger partial charge in [-0.1, -0.05) is 19.2 Å². The first-order valence-electron chi connectivity index (χ1n) is 3.41. The largest absolute Gasteiger partial charge is 0.506 e. The van der Waals surface area contributed by atoms with Crippen LogP contribution in [0.2, 0.25) is 0 Å². The molecule has 12 heavy (non-hydrogen) atoms. The van der Waals surface area contributed by atoms with Gasteiger partial charge in [0.05, 0.1) is 11.4 Å². The Morgan fingerprint density at radius 3 is 2.42 bits per heavy atom. The zero-order chi connectivity index (χ0) is 9.14. The number of nitrogens with two attached hydrogens (primary N) is 1. The van der Waals surface area contributed by atoms with Crippen LogP contribution in [0.15, 0.2) is 31.4 Å². The van der Waals surface area contributed by atoms with Crippen molar-refractivity contribution in [3.63, 3.8) is 0 Å². The fourth-order valence-electron chi connectivity index (χ4n) is 0.774. The average Bonchev–Trinajstić information content (AvgIpc) is 2.04. The lowest BCUT2D eigenvalue weighted by Crippen LogP contribution is -1.99. The first-order chi connectivity index (χ1) is 5.61. The first-order valence-corrected chi connectivity index (χ1v) is 3.41. The molecular weight excluding hydrogens is 152 g/mol. The Labute approximate surface area is 70.9 Å². The highest BCUT2D eigenvalue weighted by Gasteiger charge is 1.99. The fraction of sp³-hybridized carbons (Fsp3) is 0. The van der Waals surface area contributed by atoms with E-state index in [1.165, 1.54) is 0 Å². The average molecular weight is 162 g/mol. The highest BCUT2D eigenvalue weighted by Crippen LogP contribution is 2.09. The number of nitrogens with zero attached hydrogens (tertiary/aromatic N) is 1. The van der Waals surface area contributed by atoms with Gasteiger partial charge in [0, 0.05) is 0 Å². The molecule has 3 N–H and O–H groups in total. The van der Waals surface area contributed by atoms with Crippen LogP contribution >= 0.6 is 0 Å². The van der Waals surface area contributed by atoms with Crippen LogP contribution in [0.5, 0.6) is 0 Å². The van der Waals surface area contributed by atoms with Gasteiger partial charge in [0.25, 0.3) is 0 Å². The van der Waals surface area contributed by atoms with Crippen LogP contribution in [0.25, 0.3) is 11.5 Å². The lowest BCUT2D eigenvalue weighted by molar-refractivity contribution is 0.510. The molecule has 0 unspecified atom stereocenters. The molecular formula is C9H10N2O. The second kappa shape index (κ2) is 3.09. The van der Waals surface area contributed by atoms with E-state index in [1.807, 2.05) is 0 Å². The molecule has 1 aromatic heterocycles. The number of hydrogen-bond donors (Lipinski definition) is 2. The summed E-state index contributed by atoms with van der Waals surface area (Å²) in [5.74, 6) is -0.0712. The molecule has 0 atom stereocenters. The normalized spacial score (nSPS) is 9.33. The predicted octanol–water partition coefficient (Wildman–Crippen LogP) is 1.54. The van der Waals surface area contributed by atoms with Gasteiger partial charge in [0.2, 0.25) is 0 Å². The first kappa shape index (κ1) is 8.33. The second-order valence-corrected chi connectivity index (χ2v) is 2.38. The number of pyridine rings is 1. The lowest BCUT2D eigenvalue weighted by Gasteiger charge is -2.01. The Balaban J connectivity index is 3.12. The molecule has 0 spiro atoms. The van der Waals surface area contributed by atoms with Crippen molar-refractivity contribution < 1.29 is 5.11 Å². The summed E-state index contributed by atoms with van der Waals surface area (Å²) in [5.41, 5.74) is 6.76. The van der Waals surface area contributed by atoms with Crippen LogP contribution < -0.4 is 5.73 Å². The Morgan fingerprint density at radius 1 is 1.33 bits per heavy atom. The molecule has 0 aliphatic carbocycles. The molecule has 0 amide bonds. The number of rotatable bonds is 2. The minimum absolute atomic E-state index is 0.0712. The molecule has 62 valence electrons. The van der Waals surface area contributed by atoms with Crippen LogP contribution in [-0.4, -0.2) is 10.1 Å². The third-order valence-electron chi connectivity index (χ3n) is 1.37. The van der Waals surface area contributed by atoms with Crippen molar-refractivity contribution in [1.29, 1.82) is 0 Å². The second-order valence-electron chi connectivity index (χ2n) is 2.38. The van der Waals surface area contributed by atoms with Crippen LogP contribution in [0.1, 0.15) is 11.4 Å². The van der Waals surface area contributed by atoms with Crippen molar-refractivity contribution in [3.8, 4) is 0 Å². The van der Waals surface area contributed by atoms with Gasteiger partial charge in [-0.05, 0) is 12.1 Å². The Hall–Kier alpha value is -1.77. The molecule has 0 saturated carbocycles. The SMILES string of the molecule is C=C(N)c1cccc(C(=C)O)n1. The van der Waals surface area contributed by atoms with Gasteiger partial charge in [0.15, 0.2) is 0 Å². The molecule has 0 aliphatic heterocycles. The smallest absolute Gasteiger partial charge is 0.134 e. The summed E-state index contributed by atoms with van der Waals surface area (Å²) in [6.07, 6.45) is 0. The summed E-state index contributed by atoms with van der Waals surface area (Å²) in [5, 5.41) is 9.00. The molecule has 3 nitrogen and oxygen atoms in total. The van der Waals surface area contributed by atoms with E-state index in [9.17, 15) is 0 Å². The molecule has 1 aromatic rings. The Kier molecular flexibility index (Phi) is 2.14. The van der Waals surface area contributed by atoms with Gasteiger partial charge in [-0.2, -0.15) is 0 Å². The van der Waals surface area contributed by atoms with E-state index in [0.717, 1.165) is 0 Å². The zero-order valence-corrected chi connectivity index (χ0v) is 6.62. The summed E-state index contributed by atoms with van der Waals surface area (Å²) in [7, 11) is 0. The minimum Gasteiger partial charge on any atom is -0.506 e. The van der Waals surface area contributed by atoms with E-state index in [4.69, 9.17) is 10.8 Å². The fourth-order valence-corrected chi connectivity index (χ4v) is 0.774. The van der Waals surface area contributed by atoms with Crippen molar-refractivity contribution in [1.82, 2.24) is 4.98 Å². The van der Waals surface area contributed by atoms with Crippen molar-refractivity contribution >= 4 is 11.5 Å². The third kappa shape index (κ3) is 1.63.